The molecule has 0 aliphatic heterocycles. The maximum absolute atomic E-state index is 5.80. The SMILES string of the molecule is C=CC(N)c1ccc(Cl)cc1C. The van der Waals surface area contributed by atoms with Crippen molar-refractivity contribution in [2.45, 2.75) is 13.0 Å². The van der Waals surface area contributed by atoms with Crippen molar-refractivity contribution in [1.82, 2.24) is 0 Å². The quantitative estimate of drug-likeness (QED) is 0.698. The van der Waals surface area contributed by atoms with Gasteiger partial charge in [0, 0.05) is 11.1 Å². The molecule has 12 heavy (non-hydrogen) atoms. The fraction of sp³-hybridized carbons (Fsp3) is 0.200. The molecule has 0 aliphatic rings. The van der Waals surface area contributed by atoms with Crippen molar-refractivity contribution in [1.29, 1.82) is 0 Å². The monoisotopic (exact) mass is 181 g/mol. The lowest BCUT2D eigenvalue weighted by molar-refractivity contribution is 0.902. The first-order valence-corrected chi connectivity index (χ1v) is 4.17. The smallest absolute Gasteiger partial charge is 0.0481 e. The molecule has 0 saturated carbocycles. The molecular formula is C10H12ClN. The Balaban J connectivity index is 3.09. The van der Waals surface area contributed by atoms with Gasteiger partial charge in [-0.15, -0.1) is 6.58 Å². The Kier molecular flexibility index (Phi) is 2.90. The van der Waals surface area contributed by atoms with Gasteiger partial charge in [0.15, 0.2) is 0 Å². The molecule has 0 spiro atoms. The third kappa shape index (κ3) is 1.87. The van der Waals surface area contributed by atoms with Crippen LogP contribution in [0.15, 0.2) is 30.9 Å². The van der Waals surface area contributed by atoms with Gasteiger partial charge in [-0.25, -0.2) is 0 Å². The second-order valence-corrected chi connectivity index (χ2v) is 3.20. The third-order valence-electron chi connectivity index (χ3n) is 1.84. The van der Waals surface area contributed by atoms with Gasteiger partial charge in [0.1, 0.15) is 0 Å². The van der Waals surface area contributed by atoms with Crippen molar-refractivity contribution in [2.24, 2.45) is 5.73 Å². The van der Waals surface area contributed by atoms with Gasteiger partial charge < -0.3 is 5.73 Å². The van der Waals surface area contributed by atoms with Crippen molar-refractivity contribution in [3.8, 4) is 0 Å². The second kappa shape index (κ2) is 3.74. The van der Waals surface area contributed by atoms with E-state index in [0.29, 0.717) is 0 Å². The van der Waals surface area contributed by atoms with E-state index in [-0.39, 0.29) is 6.04 Å². The predicted molar refractivity (Wildman–Crippen MR) is 53.3 cm³/mol. The minimum absolute atomic E-state index is 0.0951. The minimum Gasteiger partial charge on any atom is -0.321 e. The molecule has 0 fully saturated rings. The molecule has 1 aromatic rings. The van der Waals surface area contributed by atoms with Gasteiger partial charge in [0.25, 0.3) is 0 Å². The number of nitrogens with two attached hydrogens (primary N) is 1. The van der Waals surface area contributed by atoms with Crippen LogP contribution >= 0.6 is 11.6 Å². The molecule has 1 nitrogen and oxygen atoms in total. The topological polar surface area (TPSA) is 26.0 Å². The summed E-state index contributed by atoms with van der Waals surface area (Å²) in [7, 11) is 0. The summed E-state index contributed by atoms with van der Waals surface area (Å²) < 4.78 is 0. The van der Waals surface area contributed by atoms with Crippen LogP contribution in [0.25, 0.3) is 0 Å². The van der Waals surface area contributed by atoms with E-state index in [1.807, 2.05) is 25.1 Å². The number of benzene rings is 1. The normalized spacial score (nSPS) is 12.6. The van der Waals surface area contributed by atoms with E-state index < -0.39 is 0 Å². The molecule has 1 atom stereocenters. The standard InChI is InChI=1S/C10H12ClN/c1-3-10(12)9-5-4-8(11)6-7(9)2/h3-6,10H,1,12H2,2H3. The third-order valence-corrected chi connectivity index (χ3v) is 2.08. The fourth-order valence-corrected chi connectivity index (χ4v) is 1.37. The highest BCUT2D eigenvalue weighted by Gasteiger charge is 2.04. The van der Waals surface area contributed by atoms with Crippen molar-refractivity contribution in [3.05, 3.63) is 47.0 Å². The van der Waals surface area contributed by atoms with Gasteiger partial charge in [0.2, 0.25) is 0 Å². The summed E-state index contributed by atoms with van der Waals surface area (Å²) in [6.45, 7) is 5.63. The molecule has 0 radical (unpaired) electrons. The summed E-state index contributed by atoms with van der Waals surface area (Å²) in [5, 5.41) is 0.743. The van der Waals surface area contributed by atoms with Crippen LogP contribution in [-0.4, -0.2) is 0 Å². The molecule has 0 heterocycles. The molecular weight excluding hydrogens is 170 g/mol. The van der Waals surface area contributed by atoms with E-state index in [2.05, 4.69) is 6.58 Å². The van der Waals surface area contributed by atoms with E-state index in [4.69, 9.17) is 17.3 Å². The molecule has 0 amide bonds. The van der Waals surface area contributed by atoms with Crippen LogP contribution in [-0.2, 0) is 0 Å². The lowest BCUT2D eigenvalue weighted by atomic mass is 10.0. The van der Waals surface area contributed by atoms with Gasteiger partial charge in [-0.2, -0.15) is 0 Å². The highest BCUT2D eigenvalue weighted by atomic mass is 35.5. The summed E-state index contributed by atoms with van der Waals surface area (Å²) in [5.41, 5.74) is 7.97. The van der Waals surface area contributed by atoms with Gasteiger partial charge in [-0.1, -0.05) is 23.7 Å². The lowest BCUT2D eigenvalue weighted by Gasteiger charge is -2.09. The Morgan fingerprint density at radius 2 is 2.25 bits per heavy atom. The molecule has 1 rings (SSSR count). The maximum Gasteiger partial charge on any atom is 0.0481 e. The fourth-order valence-electron chi connectivity index (χ4n) is 1.14. The zero-order valence-corrected chi connectivity index (χ0v) is 7.81. The highest BCUT2D eigenvalue weighted by Crippen LogP contribution is 2.20. The molecule has 1 unspecified atom stereocenters. The Morgan fingerprint density at radius 3 is 2.75 bits per heavy atom. The molecule has 0 saturated heterocycles. The van der Waals surface area contributed by atoms with Crippen molar-refractivity contribution >= 4 is 11.6 Å². The number of halogens is 1. The van der Waals surface area contributed by atoms with Gasteiger partial charge in [-0.3, -0.25) is 0 Å². The molecule has 1 aromatic carbocycles. The van der Waals surface area contributed by atoms with Gasteiger partial charge >= 0.3 is 0 Å². The maximum atomic E-state index is 5.80. The summed E-state index contributed by atoms with van der Waals surface area (Å²) in [6, 6.07) is 5.58. The summed E-state index contributed by atoms with van der Waals surface area (Å²) in [5.74, 6) is 0. The molecule has 0 aliphatic carbocycles. The van der Waals surface area contributed by atoms with E-state index in [1.54, 1.807) is 6.08 Å². The van der Waals surface area contributed by atoms with Crippen molar-refractivity contribution in [2.75, 3.05) is 0 Å². The summed E-state index contributed by atoms with van der Waals surface area (Å²) >= 11 is 5.80. The average molecular weight is 182 g/mol. The van der Waals surface area contributed by atoms with Crippen molar-refractivity contribution in [3.63, 3.8) is 0 Å². The summed E-state index contributed by atoms with van der Waals surface area (Å²) in [4.78, 5) is 0. The second-order valence-electron chi connectivity index (χ2n) is 2.76. The lowest BCUT2D eigenvalue weighted by Crippen LogP contribution is -2.07. The first kappa shape index (κ1) is 9.30. The van der Waals surface area contributed by atoms with E-state index in [0.717, 1.165) is 16.1 Å². The molecule has 64 valence electrons. The van der Waals surface area contributed by atoms with E-state index in [1.165, 1.54) is 0 Å². The minimum atomic E-state index is -0.0951. The Hall–Kier alpha value is -0.790. The van der Waals surface area contributed by atoms with E-state index >= 15 is 0 Å². The molecule has 0 bridgehead atoms. The van der Waals surface area contributed by atoms with Crippen LogP contribution < -0.4 is 5.73 Å². The average Bonchev–Trinajstić information content (AvgIpc) is 2.03. The Labute approximate surface area is 77.8 Å². The van der Waals surface area contributed by atoms with Crippen LogP contribution in [0.5, 0.6) is 0 Å². The number of aryl methyl sites for hydroxylation is 1. The van der Waals surface area contributed by atoms with E-state index in [9.17, 15) is 0 Å². The van der Waals surface area contributed by atoms with Crippen LogP contribution in [0, 0.1) is 6.92 Å². The number of rotatable bonds is 2. The van der Waals surface area contributed by atoms with Crippen LogP contribution in [0.3, 0.4) is 0 Å². The zero-order valence-electron chi connectivity index (χ0n) is 7.05. The van der Waals surface area contributed by atoms with Crippen LogP contribution in [0.2, 0.25) is 5.02 Å². The Morgan fingerprint density at radius 1 is 1.58 bits per heavy atom. The van der Waals surface area contributed by atoms with Gasteiger partial charge in [-0.05, 0) is 30.2 Å². The highest BCUT2D eigenvalue weighted by molar-refractivity contribution is 6.30. The Bertz CT molecular complexity index is 294. The number of hydrogen-bond donors (Lipinski definition) is 1. The largest absolute Gasteiger partial charge is 0.321 e. The first-order chi connectivity index (χ1) is 5.65. The molecule has 2 N–H and O–H groups in total. The van der Waals surface area contributed by atoms with Crippen LogP contribution in [0.1, 0.15) is 17.2 Å². The summed E-state index contributed by atoms with van der Waals surface area (Å²) in [6.07, 6.45) is 1.72. The first-order valence-electron chi connectivity index (χ1n) is 3.79. The van der Waals surface area contributed by atoms with Crippen molar-refractivity contribution < 1.29 is 0 Å². The number of hydrogen-bond acceptors (Lipinski definition) is 1. The van der Waals surface area contributed by atoms with Crippen LogP contribution in [0.4, 0.5) is 0 Å². The molecule has 2 heteroatoms. The van der Waals surface area contributed by atoms with Gasteiger partial charge in [0.05, 0.1) is 0 Å². The predicted octanol–water partition coefficient (Wildman–Crippen LogP) is 2.83. The molecule has 0 aromatic heterocycles. The zero-order chi connectivity index (χ0) is 9.14.